The van der Waals surface area contributed by atoms with E-state index >= 15 is 0 Å². The molecule has 3 N–H and O–H groups in total. The highest BCUT2D eigenvalue weighted by Crippen LogP contribution is 2.32. The number of rotatable bonds is 2. The zero-order chi connectivity index (χ0) is 12.5. The van der Waals surface area contributed by atoms with Crippen LogP contribution in [0.15, 0.2) is 42.7 Å². The van der Waals surface area contributed by atoms with Crippen LogP contribution in [0.3, 0.4) is 0 Å². The zero-order valence-corrected chi connectivity index (χ0v) is 9.35. The van der Waals surface area contributed by atoms with Gasteiger partial charge in [0.25, 0.3) is 0 Å². The summed E-state index contributed by atoms with van der Waals surface area (Å²) in [6, 6.07) is 9.64. The monoisotopic (exact) mass is 243 g/mol. The molecule has 0 atom stereocenters. The Hall–Kier alpha value is -2.56. The van der Waals surface area contributed by atoms with Crippen LogP contribution in [0.2, 0.25) is 0 Å². The first-order chi connectivity index (χ1) is 8.75. The highest BCUT2D eigenvalue weighted by molar-refractivity contribution is 5.90. The first kappa shape index (κ1) is 10.6. The average molecular weight is 243 g/mol. The quantitative estimate of drug-likeness (QED) is 0.680. The van der Waals surface area contributed by atoms with Crippen LogP contribution in [0, 0.1) is 5.82 Å². The van der Waals surface area contributed by atoms with E-state index in [1.54, 1.807) is 36.7 Å². The largest absolute Gasteiger partial charge is 0.452 e. The Morgan fingerprint density at radius 2 is 1.94 bits per heavy atom. The van der Waals surface area contributed by atoms with E-state index in [2.05, 4.69) is 9.97 Å². The third-order valence-corrected chi connectivity index (χ3v) is 2.65. The number of aromatic amines is 1. The van der Waals surface area contributed by atoms with Crippen molar-refractivity contribution in [3.8, 4) is 11.5 Å². The number of hydrogen-bond donors (Lipinski definition) is 2. The molecular weight excluding hydrogens is 233 g/mol. The predicted octanol–water partition coefficient (Wildman–Crippen LogP) is 3.08. The summed E-state index contributed by atoms with van der Waals surface area (Å²) in [7, 11) is 0. The van der Waals surface area contributed by atoms with Gasteiger partial charge in [0.15, 0.2) is 17.3 Å². The minimum atomic E-state index is -0.431. The molecule has 0 amide bonds. The molecule has 0 radical (unpaired) electrons. The number of nitrogens with two attached hydrogens (primary N) is 1. The molecule has 0 bridgehead atoms. The molecule has 90 valence electrons. The van der Waals surface area contributed by atoms with Gasteiger partial charge in [-0.1, -0.05) is 12.1 Å². The molecule has 5 heteroatoms. The Labute approximate surface area is 102 Å². The molecular formula is C13H10FN3O. The number of aromatic nitrogens is 2. The van der Waals surface area contributed by atoms with Gasteiger partial charge in [-0.3, -0.25) is 0 Å². The molecule has 3 aromatic rings. The van der Waals surface area contributed by atoms with Crippen LogP contribution in [0.1, 0.15) is 0 Å². The number of ether oxygens (including phenoxy) is 1. The summed E-state index contributed by atoms with van der Waals surface area (Å²) in [5.74, 6) is 0.0952. The summed E-state index contributed by atoms with van der Waals surface area (Å²) >= 11 is 0. The summed E-state index contributed by atoms with van der Waals surface area (Å²) in [4.78, 5) is 7.03. The van der Waals surface area contributed by atoms with Gasteiger partial charge in [0.05, 0.1) is 11.8 Å². The average Bonchev–Trinajstić information content (AvgIpc) is 2.84. The van der Waals surface area contributed by atoms with E-state index in [1.807, 2.05) is 0 Å². The van der Waals surface area contributed by atoms with Gasteiger partial charge in [0.2, 0.25) is 0 Å². The molecule has 0 unspecified atom stereocenters. The zero-order valence-electron chi connectivity index (χ0n) is 9.35. The van der Waals surface area contributed by atoms with Crippen molar-refractivity contribution in [1.29, 1.82) is 0 Å². The van der Waals surface area contributed by atoms with Crippen molar-refractivity contribution in [2.75, 3.05) is 5.73 Å². The minimum absolute atomic E-state index is 0.138. The van der Waals surface area contributed by atoms with E-state index in [9.17, 15) is 4.39 Å². The summed E-state index contributed by atoms with van der Waals surface area (Å²) < 4.78 is 18.9. The first-order valence-corrected chi connectivity index (χ1v) is 5.39. The molecule has 1 aromatic heterocycles. The maximum atomic E-state index is 13.5. The maximum absolute atomic E-state index is 13.5. The van der Waals surface area contributed by atoms with Crippen molar-refractivity contribution in [1.82, 2.24) is 9.97 Å². The number of imidazole rings is 1. The molecule has 1 heterocycles. The number of para-hydroxylation sites is 1. The Balaban J connectivity index is 2.05. The van der Waals surface area contributed by atoms with E-state index in [1.165, 1.54) is 6.07 Å². The third kappa shape index (κ3) is 1.66. The lowest BCUT2D eigenvalue weighted by molar-refractivity contribution is 0.444. The standard InChI is InChI=1S/C13H10FN3O/c14-8-3-1-2-4-10(8)18-11-6-5-9-13(12(11)15)17-7-16-9/h1-7H,15H2,(H,16,17). The lowest BCUT2D eigenvalue weighted by Gasteiger charge is -2.09. The molecule has 4 nitrogen and oxygen atoms in total. The number of halogens is 1. The van der Waals surface area contributed by atoms with Crippen LogP contribution in [0.4, 0.5) is 10.1 Å². The van der Waals surface area contributed by atoms with Gasteiger partial charge in [-0.25, -0.2) is 9.37 Å². The number of fused-ring (bicyclic) bond motifs is 1. The van der Waals surface area contributed by atoms with Gasteiger partial charge in [-0.2, -0.15) is 0 Å². The molecule has 2 aromatic carbocycles. The minimum Gasteiger partial charge on any atom is -0.452 e. The molecule has 0 aliphatic heterocycles. The number of hydrogen-bond acceptors (Lipinski definition) is 3. The molecule has 18 heavy (non-hydrogen) atoms. The summed E-state index contributed by atoms with van der Waals surface area (Å²) in [6.45, 7) is 0. The van der Waals surface area contributed by atoms with Gasteiger partial charge in [0.1, 0.15) is 11.2 Å². The number of nitrogen functional groups attached to an aromatic ring is 1. The molecule has 0 saturated carbocycles. The van der Waals surface area contributed by atoms with Gasteiger partial charge in [-0.05, 0) is 24.3 Å². The molecule has 0 aliphatic carbocycles. The van der Waals surface area contributed by atoms with Crippen molar-refractivity contribution < 1.29 is 9.13 Å². The summed E-state index contributed by atoms with van der Waals surface area (Å²) in [5.41, 5.74) is 7.75. The summed E-state index contributed by atoms with van der Waals surface area (Å²) in [5, 5.41) is 0. The third-order valence-electron chi connectivity index (χ3n) is 2.65. The van der Waals surface area contributed by atoms with E-state index in [0.29, 0.717) is 17.0 Å². The second kappa shape index (κ2) is 4.03. The van der Waals surface area contributed by atoms with E-state index < -0.39 is 5.82 Å². The van der Waals surface area contributed by atoms with Crippen molar-refractivity contribution in [3.63, 3.8) is 0 Å². The number of benzene rings is 2. The number of nitrogens with zero attached hydrogens (tertiary/aromatic N) is 1. The second-order valence-electron chi connectivity index (χ2n) is 3.81. The Morgan fingerprint density at radius 1 is 1.11 bits per heavy atom. The lowest BCUT2D eigenvalue weighted by atomic mass is 10.2. The Morgan fingerprint density at radius 3 is 2.78 bits per heavy atom. The Kier molecular flexibility index (Phi) is 2.37. The topological polar surface area (TPSA) is 63.9 Å². The van der Waals surface area contributed by atoms with E-state index in [0.717, 1.165) is 5.52 Å². The first-order valence-electron chi connectivity index (χ1n) is 5.39. The van der Waals surface area contributed by atoms with Crippen molar-refractivity contribution in [3.05, 3.63) is 48.5 Å². The van der Waals surface area contributed by atoms with Gasteiger partial charge >= 0.3 is 0 Å². The number of anilines is 1. The van der Waals surface area contributed by atoms with E-state index in [-0.39, 0.29) is 5.75 Å². The van der Waals surface area contributed by atoms with Gasteiger partial charge < -0.3 is 15.5 Å². The fourth-order valence-electron chi connectivity index (χ4n) is 1.75. The van der Waals surface area contributed by atoms with Gasteiger partial charge in [0, 0.05) is 0 Å². The normalized spacial score (nSPS) is 10.7. The molecule has 0 aliphatic rings. The van der Waals surface area contributed by atoms with Crippen molar-refractivity contribution >= 4 is 16.7 Å². The second-order valence-corrected chi connectivity index (χ2v) is 3.81. The van der Waals surface area contributed by atoms with Crippen LogP contribution in [-0.4, -0.2) is 9.97 Å². The van der Waals surface area contributed by atoms with Gasteiger partial charge in [-0.15, -0.1) is 0 Å². The van der Waals surface area contributed by atoms with Crippen LogP contribution in [0.5, 0.6) is 11.5 Å². The molecule has 0 saturated heterocycles. The molecule has 0 spiro atoms. The highest BCUT2D eigenvalue weighted by Gasteiger charge is 2.10. The number of nitrogens with one attached hydrogen (secondary N) is 1. The van der Waals surface area contributed by atoms with Crippen molar-refractivity contribution in [2.45, 2.75) is 0 Å². The van der Waals surface area contributed by atoms with E-state index in [4.69, 9.17) is 10.5 Å². The summed E-state index contributed by atoms with van der Waals surface area (Å²) in [6.07, 6.45) is 1.55. The Bertz CT molecular complexity index is 708. The molecule has 3 rings (SSSR count). The molecule has 0 fully saturated rings. The fourth-order valence-corrected chi connectivity index (χ4v) is 1.75. The highest BCUT2D eigenvalue weighted by atomic mass is 19.1. The van der Waals surface area contributed by atoms with Crippen LogP contribution in [-0.2, 0) is 0 Å². The fraction of sp³-hybridized carbons (Fsp3) is 0. The maximum Gasteiger partial charge on any atom is 0.165 e. The van der Waals surface area contributed by atoms with Crippen LogP contribution < -0.4 is 10.5 Å². The number of H-pyrrole nitrogens is 1. The van der Waals surface area contributed by atoms with Crippen LogP contribution in [0.25, 0.3) is 11.0 Å². The smallest absolute Gasteiger partial charge is 0.165 e. The van der Waals surface area contributed by atoms with Crippen LogP contribution >= 0.6 is 0 Å². The SMILES string of the molecule is Nc1c(Oc2ccccc2F)ccc2[nH]cnc12. The predicted molar refractivity (Wildman–Crippen MR) is 67.0 cm³/mol. The lowest BCUT2D eigenvalue weighted by Crippen LogP contribution is -1.94. The van der Waals surface area contributed by atoms with Crippen molar-refractivity contribution in [2.24, 2.45) is 0 Å².